The van der Waals surface area contributed by atoms with Crippen LogP contribution in [0.1, 0.15) is 0 Å². The summed E-state index contributed by atoms with van der Waals surface area (Å²) in [6, 6.07) is 12.9. The molecule has 2 aromatic carbocycles. The average Bonchev–Trinajstić information content (AvgIpc) is 2.39. The predicted octanol–water partition coefficient (Wildman–Crippen LogP) is 1.38. The number of H-pyrrole nitrogens is 1. The molecule has 0 atom stereocenters. The second-order valence-electron chi connectivity index (χ2n) is 4.14. The lowest BCUT2D eigenvalue weighted by atomic mass is 10.2. The van der Waals surface area contributed by atoms with Gasteiger partial charge >= 0.3 is 5.69 Å². The largest absolute Gasteiger partial charge is 0.508 e. The van der Waals surface area contributed by atoms with Gasteiger partial charge in [0.25, 0.3) is 5.56 Å². The van der Waals surface area contributed by atoms with Crippen molar-refractivity contribution in [3.8, 4) is 11.4 Å². The molecule has 0 amide bonds. The van der Waals surface area contributed by atoms with E-state index in [0.717, 1.165) is 4.57 Å². The number of hydrogen-bond donors (Lipinski definition) is 2. The van der Waals surface area contributed by atoms with Gasteiger partial charge < -0.3 is 10.1 Å². The third-order valence-electron chi connectivity index (χ3n) is 2.90. The van der Waals surface area contributed by atoms with Crippen molar-refractivity contribution in [2.45, 2.75) is 0 Å². The van der Waals surface area contributed by atoms with E-state index in [2.05, 4.69) is 4.98 Å². The molecule has 0 spiro atoms. The minimum Gasteiger partial charge on any atom is -0.508 e. The van der Waals surface area contributed by atoms with Crippen molar-refractivity contribution >= 4 is 10.9 Å². The van der Waals surface area contributed by atoms with E-state index < -0.39 is 11.2 Å². The predicted molar refractivity (Wildman–Crippen MR) is 71.8 cm³/mol. The topological polar surface area (TPSA) is 75.1 Å². The quantitative estimate of drug-likeness (QED) is 0.689. The van der Waals surface area contributed by atoms with E-state index in [9.17, 15) is 14.7 Å². The Balaban J connectivity index is 2.43. The fourth-order valence-corrected chi connectivity index (χ4v) is 2.02. The second-order valence-corrected chi connectivity index (χ2v) is 4.14. The van der Waals surface area contributed by atoms with Gasteiger partial charge in [-0.2, -0.15) is 0 Å². The number of rotatable bonds is 1. The van der Waals surface area contributed by atoms with Crippen LogP contribution in [0.3, 0.4) is 0 Å². The Labute approximate surface area is 107 Å². The van der Waals surface area contributed by atoms with Crippen LogP contribution >= 0.6 is 0 Å². The van der Waals surface area contributed by atoms with Gasteiger partial charge in [0.05, 0.1) is 16.6 Å². The van der Waals surface area contributed by atoms with E-state index in [1.54, 1.807) is 24.3 Å². The Bertz CT molecular complexity index is 863. The van der Waals surface area contributed by atoms with E-state index >= 15 is 0 Å². The summed E-state index contributed by atoms with van der Waals surface area (Å²) in [4.78, 5) is 26.9. The van der Waals surface area contributed by atoms with Crippen LogP contribution in [0.2, 0.25) is 0 Å². The zero-order chi connectivity index (χ0) is 13.4. The zero-order valence-corrected chi connectivity index (χ0v) is 9.83. The van der Waals surface area contributed by atoms with Gasteiger partial charge in [-0.05, 0) is 24.3 Å². The van der Waals surface area contributed by atoms with Gasteiger partial charge in [-0.15, -0.1) is 0 Å². The number of benzene rings is 2. The normalized spacial score (nSPS) is 10.7. The number of nitrogens with zero attached hydrogens (tertiary/aromatic N) is 1. The molecule has 0 fully saturated rings. The first-order valence-corrected chi connectivity index (χ1v) is 5.70. The molecule has 0 saturated carbocycles. The van der Waals surface area contributed by atoms with Crippen LogP contribution in [0.4, 0.5) is 0 Å². The molecule has 1 aromatic heterocycles. The van der Waals surface area contributed by atoms with Gasteiger partial charge in [0.15, 0.2) is 0 Å². The molecule has 3 rings (SSSR count). The maximum Gasteiger partial charge on any atom is 0.333 e. The van der Waals surface area contributed by atoms with Crippen LogP contribution in [0.15, 0.2) is 58.1 Å². The van der Waals surface area contributed by atoms with E-state index in [-0.39, 0.29) is 5.75 Å². The maximum absolute atomic E-state index is 12.3. The zero-order valence-electron chi connectivity index (χ0n) is 9.83. The van der Waals surface area contributed by atoms with Gasteiger partial charge in [-0.1, -0.05) is 18.2 Å². The smallest absolute Gasteiger partial charge is 0.333 e. The Kier molecular flexibility index (Phi) is 2.45. The highest BCUT2D eigenvalue weighted by Gasteiger charge is 2.09. The van der Waals surface area contributed by atoms with E-state index in [0.29, 0.717) is 16.6 Å². The molecular weight excluding hydrogens is 244 g/mol. The highest BCUT2D eigenvalue weighted by Crippen LogP contribution is 2.14. The Morgan fingerprint density at radius 1 is 1.00 bits per heavy atom. The lowest BCUT2D eigenvalue weighted by Crippen LogP contribution is -2.33. The maximum atomic E-state index is 12.3. The number of para-hydroxylation sites is 1. The van der Waals surface area contributed by atoms with Crippen molar-refractivity contribution in [1.82, 2.24) is 9.55 Å². The monoisotopic (exact) mass is 254 g/mol. The van der Waals surface area contributed by atoms with Crippen LogP contribution in [0.5, 0.6) is 5.75 Å². The molecule has 94 valence electrons. The number of phenols is 1. The lowest BCUT2D eigenvalue weighted by molar-refractivity contribution is 0.476. The Hall–Kier alpha value is -2.82. The van der Waals surface area contributed by atoms with Crippen molar-refractivity contribution in [2.75, 3.05) is 0 Å². The first kappa shape index (κ1) is 11.3. The average molecular weight is 254 g/mol. The summed E-state index contributed by atoms with van der Waals surface area (Å²) in [5.74, 6) is 0.0000103. The summed E-state index contributed by atoms with van der Waals surface area (Å²) in [7, 11) is 0. The summed E-state index contributed by atoms with van der Waals surface area (Å²) in [5.41, 5.74) is -0.120. The van der Waals surface area contributed by atoms with Crippen molar-refractivity contribution in [2.24, 2.45) is 0 Å². The molecule has 0 aliphatic rings. The van der Waals surface area contributed by atoms with Gasteiger partial charge in [0.2, 0.25) is 0 Å². The van der Waals surface area contributed by atoms with Crippen molar-refractivity contribution in [1.29, 1.82) is 0 Å². The molecule has 0 saturated heterocycles. The molecule has 5 heteroatoms. The van der Waals surface area contributed by atoms with E-state index in [1.807, 2.05) is 6.07 Å². The van der Waals surface area contributed by atoms with Gasteiger partial charge in [0.1, 0.15) is 5.75 Å². The number of nitrogens with one attached hydrogen (secondary N) is 1. The SMILES string of the molecule is O=c1[nH]c2cc(O)ccc2c(=O)n1-c1ccccc1. The third kappa shape index (κ3) is 1.81. The van der Waals surface area contributed by atoms with Gasteiger partial charge in [-0.3, -0.25) is 4.79 Å². The van der Waals surface area contributed by atoms with Gasteiger partial charge in [-0.25, -0.2) is 9.36 Å². The highest BCUT2D eigenvalue weighted by molar-refractivity contribution is 5.79. The number of phenolic OH excluding ortho intramolecular Hbond substituents is 1. The molecule has 0 radical (unpaired) electrons. The fraction of sp³-hybridized carbons (Fsp3) is 0. The number of aromatic amines is 1. The molecule has 0 unspecified atom stereocenters. The molecule has 3 aromatic rings. The van der Waals surface area contributed by atoms with E-state index in [1.165, 1.54) is 18.2 Å². The Morgan fingerprint density at radius 2 is 1.74 bits per heavy atom. The minimum absolute atomic E-state index is 0.0000103. The van der Waals surface area contributed by atoms with Crippen LogP contribution in [0, 0.1) is 0 Å². The highest BCUT2D eigenvalue weighted by atomic mass is 16.3. The second kappa shape index (κ2) is 4.13. The van der Waals surface area contributed by atoms with Gasteiger partial charge in [0, 0.05) is 6.07 Å². The molecule has 0 aliphatic carbocycles. The van der Waals surface area contributed by atoms with Crippen molar-refractivity contribution in [3.05, 3.63) is 69.4 Å². The van der Waals surface area contributed by atoms with Crippen LogP contribution in [0.25, 0.3) is 16.6 Å². The van der Waals surface area contributed by atoms with Crippen LogP contribution in [-0.2, 0) is 0 Å². The Morgan fingerprint density at radius 3 is 2.47 bits per heavy atom. The first-order valence-electron chi connectivity index (χ1n) is 5.70. The van der Waals surface area contributed by atoms with E-state index in [4.69, 9.17) is 0 Å². The van der Waals surface area contributed by atoms with Crippen LogP contribution < -0.4 is 11.2 Å². The minimum atomic E-state index is -0.533. The lowest BCUT2D eigenvalue weighted by Gasteiger charge is -2.06. The third-order valence-corrected chi connectivity index (χ3v) is 2.90. The summed E-state index contributed by atoms with van der Waals surface area (Å²) in [6.07, 6.45) is 0. The first-order chi connectivity index (χ1) is 9.16. The van der Waals surface area contributed by atoms with Crippen LogP contribution in [-0.4, -0.2) is 14.7 Å². The standard InChI is InChI=1S/C14H10N2O3/c17-10-6-7-11-12(8-10)15-14(19)16(13(11)18)9-4-2-1-3-5-9/h1-8,17H,(H,15,19). The molecule has 19 heavy (non-hydrogen) atoms. The molecule has 0 aliphatic heterocycles. The van der Waals surface area contributed by atoms with Crippen molar-refractivity contribution in [3.63, 3.8) is 0 Å². The van der Waals surface area contributed by atoms with Crippen molar-refractivity contribution < 1.29 is 5.11 Å². The summed E-state index contributed by atoms with van der Waals surface area (Å²) in [5, 5.41) is 9.72. The molecule has 0 bridgehead atoms. The molecular formula is C14H10N2O3. The summed E-state index contributed by atoms with van der Waals surface area (Å²) >= 11 is 0. The summed E-state index contributed by atoms with van der Waals surface area (Å²) < 4.78 is 1.07. The number of aromatic hydroxyl groups is 1. The molecule has 1 heterocycles. The number of hydrogen-bond acceptors (Lipinski definition) is 3. The molecule has 2 N–H and O–H groups in total. The fourth-order valence-electron chi connectivity index (χ4n) is 2.02. The summed E-state index contributed by atoms with van der Waals surface area (Å²) in [6.45, 7) is 0. The number of fused-ring (bicyclic) bond motifs is 1. The molecule has 5 nitrogen and oxygen atoms in total. The number of aromatic nitrogens is 2.